The fourth-order valence-corrected chi connectivity index (χ4v) is 2.63. The van der Waals surface area contributed by atoms with Gasteiger partial charge >= 0.3 is 0 Å². The van der Waals surface area contributed by atoms with Gasteiger partial charge in [0.2, 0.25) is 0 Å². The summed E-state index contributed by atoms with van der Waals surface area (Å²) in [5.41, 5.74) is 10.1. The lowest BCUT2D eigenvalue weighted by atomic mass is 9.91. The Bertz CT molecular complexity index is 660. The van der Waals surface area contributed by atoms with Gasteiger partial charge in [0.05, 0.1) is 12.2 Å². The molecule has 0 bridgehead atoms. The Morgan fingerprint density at radius 1 is 1.42 bits per heavy atom. The third-order valence-corrected chi connectivity index (χ3v) is 3.51. The van der Waals surface area contributed by atoms with Crippen molar-refractivity contribution in [3.05, 3.63) is 57.2 Å². The normalized spacial score (nSPS) is 20.9. The van der Waals surface area contributed by atoms with Crippen LogP contribution in [-0.2, 0) is 18.6 Å². The first-order valence-corrected chi connectivity index (χ1v) is 5.97. The SMILES string of the molecule is [N-]=[N+]=NCc1n[nH]nc1C1(O)CCc2ccccc21. The van der Waals surface area contributed by atoms with Crippen LogP contribution in [0.4, 0.5) is 0 Å². The van der Waals surface area contributed by atoms with Crippen molar-refractivity contribution in [2.45, 2.75) is 25.0 Å². The molecule has 1 aromatic heterocycles. The summed E-state index contributed by atoms with van der Waals surface area (Å²) in [5.74, 6) is 0. The summed E-state index contributed by atoms with van der Waals surface area (Å²) < 4.78 is 0. The zero-order chi connectivity index (χ0) is 13.3. The maximum absolute atomic E-state index is 10.9. The molecule has 2 N–H and O–H groups in total. The van der Waals surface area contributed by atoms with Crippen molar-refractivity contribution in [3.8, 4) is 0 Å². The van der Waals surface area contributed by atoms with Crippen LogP contribution in [0.5, 0.6) is 0 Å². The highest BCUT2D eigenvalue weighted by Crippen LogP contribution is 2.41. The first-order chi connectivity index (χ1) is 9.25. The number of aromatic nitrogens is 3. The van der Waals surface area contributed by atoms with E-state index in [1.54, 1.807) is 0 Å². The van der Waals surface area contributed by atoms with Crippen LogP contribution in [0, 0.1) is 0 Å². The van der Waals surface area contributed by atoms with Gasteiger partial charge in [0, 0.05) is 4.91 Å². The Hall–Kier alpha value is -2.37. The largest absolute Gasteiger partial charge is 0.379 e. The number of rotatable bonds is 3. The summed E-state index contributed by atoms with van der Waals surface area (Å²) in [6, 6.07) is 7.74. The Kier molecular flexibility index (Phi) is 2.70. The number of azide groups is 1. The fourth-order valence-electron chi connectivity index (χ4n) is 2.63. The first kappa shape index (κ1) is 11.7. The molecule has 1 heterocycles. The summed E-state index contributed by atoms with van der Waals surface area (Å²) in [5, 5.41) is 24.9. The van der Waals surface area contributed by atoms with Crippen molar-refractivity contribution >= 4 is 0 Å². The third-order valence-electron chi connectivity index (χ3n) is 3.51. The summed E-state index contributed by atoms with van der Waals surface area (Å²) >= 11 is 0. The second kappa shape index (κ2) is 4.38. The van der Waals surface area contributed by atoms with Crippen LogP contribution in [0.25, 0.3) is 10.4 Å². The number of aryl methyl sites for hydroxylation is 1. The summed E-state index contributed by atoms with van der Waals surface area (Å²) in [6.45, 7) is 0.0762. The molecule has 3 rings (SSSR count). The minimum Gasteiger partial charge on any atom is -0.379 e. The van der Waals surface area contributed by atoms with Crippen LogP contribution in [0.3, 0.4) is 0 Å². The predicted molar refractivity (Wildman–Crippen MR) is 67.0 cm³/mol. The molecule has 19 heavy (non-hydrogen) atoms. The van der Waals surface area contributed by atoms with Crippen molar-refractivity contribution in [2.24, 2.45) is 5.11 Å². The number of benzene rings is 1. The van der Waals surface area contributed by atoms with Gasteiger partial charge in [0.1, 0.15) is 11.3 Å². The molecule has 7 heteroatoms. The summed E-state index contributed by atoms with van der Waals surface area (Å²) in [4.78, 5) is 2.71. The number of nitrogens with zero attached hydrogens (tertiary/aromatic N) is 5. The molecule has 0 amide bonds. The molecule has 1 aromatic carbocycles. The van der Waals surface area contributed by atoms with E-state index < -0.39 is 5.60 Å². The van der Waals surface area contributed by atoms with Gasteiger partial charge in [0.25, 0.3) is 0 Å². The van der Waals surface area contributed by atoms with Crippen LogP contribution in [-0.4, -0.2) is 20.5 Å². The molecule has 0 spiro atoms. The van der Waals surface area contributed by atoms with Crippen LogP contribution in [0.1, 0.15) is 28.9 Å². The van der Waals surface area contributed by atoms with Crippen LogP contribution < -0.4 is 0 Å². The molecule has 0 fully saturated rings. The minimum absolute atomic E-state index is 0.0762. The zero-order valence-electron chi connectivity index (χ0n) is 10.1. The van der Waals surface area contributed by atoms with Gasteiger partial charge in [-0.15, -0.1) is 0 Å². The van der Waals surface area contributed by atoms with Crippen LogP contribution in [0.15, 0.2) is 29.4 Å². The van der Waals surface area contributed by atoms with Crippen molar-refractivity contribution in [2.75, 3.05) is 0 Å². The van der Waals surface area contributed by atoms with Gasteiger partial charge in [-0.25, -0.2) is 0 Å². The van der Waals surface area contributed by atoms with Gasteiger partial charge in [0.15, 0.2) is 0 Å². The first-order valence-electron chi connectivity index (χ1n) is 5.97. The van der Waals surface area contributed by atoms with Gasteiger partial charge in [-0.3, -0.25) is 0 Å². The lowest BCUT2D eigenvalue weighted by Crippen LogP contribution is -2.26. The molecule has 2 aromatic rings. The second-order valence-corrected chi connectivity index (χ2v) is 4.53. The topological polar surface area (TPSA) is 111 Å². The highest BCUT2D eigenvalue weighted by molar-refractivity contribution is 5.43. The number of nitrogens with one attached hydrogen (secondary N) is 1. The molecule has 1 unspecified atom stereocenters. The molecule has 1 aliphatic carbocycles. The third kappa shape index (κ3) is 1.76. The van der Waals surface area contributed by atoms with Gasteiger partial charge in [-0.05, 0) is 29.5 Å². The maximum atomic E-state index is 10.9. The molecule has 0 aliphatic heterocycles. The summed E-state index contributed by atoms with van der Waals surface area (Å²) in [6.07, 6.45) is 1.35. The highest BCUT2D eigenvalue weighted by Gasteiger charge is 2.41. The number of hydrogen-bond donors (Lipinski definition) is 2. The van der Waals surface area contributed by atoms with Gasteiger partial charge < -0.3 is 5.11 Å². The van der Waals surface area contributed by atoms with Gasteiger partial charge in [-0.1, -0.05) is 29.4 Å². The van der Waals surface area contributed by atoms with E-state index in [2.05, 4.69) is 25.4 Å². The Labute approximate surface area is 108 Å². The molecule has 0 radical (unpaired) electrons. The molecule has 0 saturated heterocycles. The van der Waals surface area contributed by atoms with Crippen molar-refractivity contribution < 1.29 is 5.11 Å². The number of aromatic amines is 1. The molecule has 1 atom stereocenters. The van der Waals surface area contributed by atoms with Crippen molar-refractivity contribution in [3.63, 3.8) is 0 Å². The minimum atomic E-state index is -1.15. The Morgan fingerprint density at radius 3 is 3.11 bits per heavy atom. The lowest BCUT2D eigenvalue weighted by Gasteiger charge is -2.22. The predicted octanol–water partition coefficient (Wildman–Crippen LogP) is 1.80. The van der Waals surface area contributed by atoms with E-state index in [0.717, 1.165) is 17.5 Å². The quantitative estimate of drug-likeness (QED) is 0.496. The van der Waals surface area contributed by atoms with E-state index >= 15 is 0 Å². The van der Waals surface area contributed by atoms with Gasteiger partial charge in [-0.2, -0.15) is 15.4 Å². The van der Waals surface area contributed by atoms with E-state index in [-0.39, 0.29) is 6.54 Å². The molecule has 0 saturated carbocycles. The smallest absolute Gasteiger partial charge is 0.136 e. The van der Waals surface area contributed by atoms with Crippen molar-refractivity contribution in [1.29, 1.82) is 0 Å². The molecular weight excluding hydrogens is 244 g/mol. The standard InChI is InChI=1S/C12H12N6O/c13-17-14-7-10-11(16-18-15-10)12(19)6-5-8-3-1-2-4-9(8)12/h1-4,19H,5-7H2,(H,15,16,18). The van der Waals surface area contributed by atoms with E-state index in [1.807, 2.05) is 24.3 Å². The number of fused-ring (bicyclic) bond motifs is 1. The molecular formula is C12H12N6O. The lowest BCUT2D eigenvalue weighted by molar-refractivity contribution is 0.0772. The molecule has 7 nitrogen and oxygen atoms in total. The monoisotopic (exact) mass is 256 g/mol. The van der Waals surface area contributed by atoms with E-state index in [9.17, 15) is 5.11 Å². The van der Waals surface area contributed by atoms with E-state index in [0.29, 0.717) is 17.8 Å². The second-order valence-electron chi connectivity index (χ2n) is 4.53. The van der Waals surface area contributed by atoms with Crippen LogP contribution in [0.2, 0.25) is 0 Å². The highest BCUT2D eigenvalue weighted by atomic mass is 16.3. The zero-order valence-corrected chi connectivity index (χ0v) is 10.1. The average Bonchev–Trinajstić information content (AvgIpc) is 3.03. The number of H-pyrrole nitrogens is 1. The van der Waals surface area contributed by atoms with Crippen molar-refractivity contribution in [1.82, 2.24) is 15.4 Å². The average molecular weight is 256 g/mol. The Morgan fingerprint density at radius 2 is 2.26 bits per heavy atom. The van der Waals surface area contributed by atoms with Crippen LogP contribution >= 0.6 is 0 Å². The molecule has 1 aliphatic rings. The summed E-state index contributed by atoms with van der Waals surface area (Å²) in [7, 11) is 0. The molecule has 96 valence electrons. The maximum Gasteiger partial charge on any atom is 0.136 e. The van der Waals surface area contributed by atoms with E-state index in [4.69, 9.17) is 5.53 Å². The Balaban J connectivity index is 2.07. The number of hydrogen-bond acceptors (Lipinski definition) is 4. The van der Waals surface area contributed by atoms with E-state index in [1.165, 1.54) is 0 Å². The fraction of sp³-hybridized carbons (Fsp3) is 0.333. The number of aliphatic hydroxyl groups is 1.